The Labute approximate surface area is 114 Å². The molecule has 20 heavy (non-hydrogen) atoms. The van der Waals surface area contributed by atoms with E-state index in [1.54, 1.807) is 19.2 Å². The SMILES string of the molecule is COc1nc2c(cc1F)NC(=O)C(C)c1ncccc1-2. The highest BCUT2D eigenvalue weighted by Gasteiger charge is 2.28. The lowest BCUT2D eigenvalue weighted by Crippen LogP contribution is -2.18. The van der Waals surface area contributed by atoms with E-state index in [0.29, 0.717) is 22.6 Å². The van der Waals surface area contributed by atoms with E-state index in [2.05, 4.69) is 15.3 Å². The second-order valence-corrected chi connectivity index (χ2v) is 4.52. The van der Waals surface area contributed by atoms with Crippen molar-refractivity contribution in [3.05, 3.63) is 35.9 Å². The molecule has 0 saturated heterocycles. The summed E-state index contributed by atoms with van der Waals surface area (Å²) >= 11 is 0. The standard InChI is InChI=1S/C14H12FN3O2/c1-7-11-8(4-3-5-16-11)12-10(17-13(7)19)6-9(15)14(18-12)20-2/h3-7H,1-2H3,(H,17,19). The van der Waals surface area contributed by atoms with Gasteiger partial charge < -0.3 is 10.1 Å². The molecule has 1 aliphatic rings. The summed E-state index contributed by atoms with van der Waals surface area (Å²) in [5, 5.41) is 2.67. The molecule has 6 heteroatoms. The van der Waals surface area contributed by atoms with Gasteiger partial charge in [-0.15, -0.1) is 0 Å². The van der Waals surface area contributed by atoms with Gasteiger partial charge in [-0.1, -0.05) is 0 Å². The maximum atomic E-state index is 13.8. The van der Waals surface area contributed by atoms with Crippen LogP contribution >= 0.6 is 0 Å². The molecular weight excluding hydrogens is 261 g/mol. The van der Waals surface area contributed by atoms with Crippen molar-refractivity contribution in [2.75, 3.05) is 12.4 Å². The van der Waals surface area contributed by atoms with E-state index >= 15 is 0 Å². The van der Waals surface area contributed by atoms with Gasteiger partial charge >= 0.3 is 0 Å². The van der Waals surface area contributed by atoms with Crippen LogP contribution in [0.2, 0.25) is 0 Å². The van der Waals surface area contributed by atoms with Crippen LogP contribution in [0.3, 0.4) is 0 Å². The largest absolute Gasteiger partial charge is 0.479 e. The maximum absolute atomic E-state index is 13.8. The molecule has 3 rings (SSSR count). The van der Waals surface area contributed by atoms with Crippen LogP contribution in [0.4, 0.5) is 10.1 Å². The Hall–Kier alpha value is -2.50. The van der Waals surface area contributed by atoms with Gasteiger partial charge in [0, 0.05) is 17.8 Å². The highest BCUT2D eigenvalue weighted by Crippen LogP contribution is 2.37. The van der Waals surface area contributed by atoms with Crippen molar-refractivity contribution in [2.24, 2.45) is 0 Å². The average molecular weight is 273 g/mol. The molecule has 0 radical (unpaired) electrons. The van der Waals surface area contributed by atoms with Gasteiger partial charge in [0.25, 0.3) is 5.88 Å². The van der Waals surface area contributed by atoms with Crippen LogP contribution in [0.1, 0.15) is 18.5 Å². The number of amides is 1. The number of aromatic nitrogens is 2. The van der Waals surface area contributed by atoms with E-state index in [1.807, 2.05) is 6.07 Å². The number of anilines is 1. The molecule has 1 unspecified atom stereocenters. The zero-order valence-corrected chi connectivity index (χ0v) is 11.0. The van der Waals surface area contributed by atoms with Gasteiger partial charge in [0.2, 0.25) is 5.91 Å². The van der Waals surface area contributed by atoms with Gasteiger partial charge in [-0.3, -0.25) is 9.78 Å². The Morgan fingerprint density at radius 3 is 3.00 bits per heavy atom. The minimum absolute atomic E-state index is 0.109. The van der Waals surface area contributed by atoms with Gasteiger partial charge in [0.15, 0.2) is 5.82 Å². The summed E-state index contributed by atoms with van der Waals surface area (Å²) in [6.07, 6.45) is 1.62. The van der Waals surface area contributed by atoms with Crippen LogP contribution in [0.5, 0.6) is 5.88 Å². The number of pyridine rings is 2. The quantitative estimate of drug-likeness (QED) is 0.866. The summed E-state index contributed by atoms with van der Waals surface area (Å²) in [5.41, 5.74) is 2.10. The number of nitrogens with one attached hydrogen (secondary N) is 1. The molecule has 0 fully saturated rings. The first-order valence-electron chi connectivity index (χ1n) is 6.12. The van der Waals surface area contributed by atoms with Crippen molar-refractivity contribution in [3.63, 3.8) is 0 Å². The molecule has 0 aromatic carbocycles. The maximum Gasteiger partial charge on any atom is 0.250 e. The summed E-state index contributed by atoms with van der Waals surface area (Å²) in [4.78, 5) is 20.5. The zero-order chi connectivity index (χ0) is 14.3. The van der Waals surface area contributed by atoms with Crippen LogP contribution in [0, 0.1) is 5.82 Å². The fourth-order valence-corrected chi connectivity index (χ4v) is 2.24. The van der Waals surface area contributed by atoms with Crippen molar-refractivity contribution in [1.82, 2.24) is 9.97 Å². The van der Waals surface area contributed by atoms with Crippen molar-refractivity contribution >= 4 is 11.6 Å². The summed E-state index contributed by atoms with van der Waals surface area (Å²) in [7, 11) is 1.35. The molecule has 2 aromatic rings. The molecule has 3 heterocycles. The minimum Gasteiger partial charge on any atom is -0.479 e. The van der Waals surface area contributed by atoms with Gasteiger partial charge in [-0.05, 0) is 19.1 Å². The number of rotatable bonds is 1. The lowest BCUT2D eigenvalue weighted by molar-refractivity contribution is -0.117. The molecule has 0 bridgehead atoms. The molecule has 1 atom stereocenters. The molecule has 5 nitrogen and oxygen atoms in total. The zero-order valence-electron chi connectivity index (χ0n) is 11.0. The highest BCUT2D eigenvalue weighted by molar-refractivity contribution is 6.02. The predicted octanol–water partition coefficient (Wildman–Crippen LogP) is 2.35. The fraction of sp³-hybridized carbons (Fsp3) is 0.214. The van der Waals surface area contributed by atoms with Crippen molar-refractivity contribution < 1.29 is 13.9 Å². The van der Waals surface area contributed by atoms with Crippen molar-refractivity contribution in [3.8, 4) is 17.1 Å². The molecular formula is C14H12FN3O2. The van der Waals surface area contributed by atoms with Crippen LogP contribution < -0.4 is 10.1 Å². The summed E-state index contributed by atoms with van der Waals surface area (Å²) in [6.45, 7) is 1.75. The Morgan fingerprint density at radius 2 is 2.25 bits per heavy atom. The van der Waals surface area contributed by atoms with Gasteiger partial charge in [-0.25, -0.2) is 9.37 Å². The molecule has 102 valence electrons. The number of carbonyl (C=O) groups is 1. The third-order valence-corrected chi connectivity index (χ3v) is 3.29. The number of methoxy groups -OCH3 is 1. The number of ether oxygens (including phenoxy) is 1. The minimum atomic E-state index is -0.619. The van der Waals surface area contributed by atoms with E-state index in [9.17, 15) is 9.18 Å². The van der Waals surface area contributed by atoms with Gasteiger partial charge in [0.05, 0.1) is 30.1 Å². The first-order valence-corrected chi connectivity index (χ1v) is 6.12. The number of fused-ring (bicyclic) bond motifs is 3. The van der Waals surface area contributed by atoms with E-state index in [-0.39, 0.29) is 11.8 Å². The van der Waals surface area contributed by atoms with Gasteiger partial charge in [0.1, 0.15) is 0 Å². The molecule has 2 aromatic heterocycles. The van der Waals surface area contributed by atoms with Crippen LogP contribution in [0.25, 0.3) is 11.3 Å². The summed E-state index contributed by atoms with van der Waals surface area (Å²) in [6, 6.07) is 4.78. The van der Waals surface area contributed by atoms with Crippen LogP contribution in [-0.4, -0.2) is 23.0 Å². The number of carbonyl (C=O) groups excluding carboxylic acids is 1. The topological polar surface area (TPSA) is 64.1 Å². The average Bonchev–Trinajstić information content (AvgIpc) is 2.55. The summed E-state index contributed by atoms with van der Waals surface area (Å²) < 4.78 is 18.7. The smallest absolute Gasteiger partial charge is 0.250 e. The molecule has 0 spiro atoms. The van der Waals surface area contributed by atoms with E-state index in [1.165, 1.54) is 13.2 Å². The monoisotopic (exact) mass is 273 g/mol. The van der Waals surface area contributed by atoms with Gasteiger partial charge in [-0.2, -0.15) is 0 Å². The van der Waals surface area contributed by atoms with Crippen molar-refractivity contribution in [2.45, 2.75) is 12.8 Å². The molecule has 1 aliphatic heterocycles. The van der Waals surface area contributed by atoms with E-state index < -0.39 is 11.7 Å². The van der Waals surface area contributed by atoms with Crippen LogP contribution in [0.15, 0.2) is 24.4 Å². The first kappa shape index (κ1) is 12.5. The second kappa shape index (κ2) is 4.56. The third kappa shape index (κ3) is 1.80. The Kier molecular flexibility index (Phi) is 2.85. The van der Waals surface area contributed by atoms with Crippen LogP contribution in [-0.2, 0) is 4.79 Å². The first-order chi connectivity index (χ1) is 9.61. The molecule has 1 amide bonds. The Morgan fingerprint density at radius 1 is 1.45 bits per heavy atom. The highest BCUT2D eigenvalue weighted by atomic mass is 19.1. The Bertz CT molecular complexity index is 703. The Balaban J connectivity index is 2.32. The number of nitrogens with zero attached hydrogens (tertiary/aromatic N) is 2. The third-order valence-electron chi connectivity index (χ3n) is 3.29. The molecule has 0 aliphatic carbocycles. The van der Waals surface area contributed by atoms with Crippen molar-refractivity contribution in [1.29, 1.82) is 0 Å². The van der Waals surface area contributed by atoms with E-state index in [4.69, 9.17) is 4.74 Å². The van der Waals surface area contributed by atoms with E-state index in [0.717, 1.165) is 0 Å². The lowest BCUT2D eigenvalue weighted by atomic mass is 10.0. The fourth-order valence-electron chi connectivity index (χ4n) is 2.24. The molecule has 0 saturated carbocycles. The lowest BCUT2D eigenvalue weighted by Gasteiger charge is -2.10. The number of hydrogen-bond acceptors (Lipinski definition) is 4. The normalized spacial score (nSPS) is 16.8. The summed E-state index contributed by atoms with van der Waals surface area (Å²) in [5.74, 6) is -1.40. The number of halogens is 1. The predicted molar refractivity (Wildman–Crippen MR) is 71.0 cm³/mol. The second-order valence-electron chi connectivity index (χ2n) is 4.52. The number of hydrogen-bond donors (Lipinski definition) is 1. The molecule has 1 N–H and O–H groups in total.